The van der Waals surface area contributed by atoms with Crippen molar-refractivity contribution in [2.75, 3.05) is 11.5 Å². The summed E-state index contributed by atoms with van der Waals surface area (Å²) in [5, 5.41) is 13.8. The summed E-state index contributed by atoms with van der Waals surface area (Å²) in [7, 11) is -3.54. The Labute approximate surface area is 212 Å². The topological polar surface area (TPSA) is 89.3 Å². The summed E-state index contributed by atoms with van der Waals surface area (Å²) in [5.41, 5.74) is 6.32. The van der Waals surface area contributed by atoms with Gasteiger partial charge in [0.1, 0.15) is 11.4 Å². The van der Waals surface area contributed by atoms with E-state index in [0.29, 0.717) is 13.0 Å². The zero-order valence-electron chi connectivity index (χ0n) is 20.1. The zero-order valence-corrected chi connectivity index (χ0v) is 20.9. The molecule has 0 atom stereocenters. The molecular weight excluding hydrogens is 472 g/mol. The van der Waals surface area contributed by atoms with Crippen LogP contribution < -0.4 is 0 Å². The average Bonchev–Trinajstić information content (AvgIpc) is 3.26. The molecule has 7 heteroatoms. The van der Waals surface area contributed by atoms with E-state index in [2.05, 4.69) is 41.1 Å². The van der Waals surface area contributed by atoms with Crippen molar-refractivity contribution in [1.82, 2.24) is 9.78 Å². The number of nitrogens with zero attached hydrogens (tertiary/aromatic N) is 2. The molecule has 0 spiro atoms. The van der Waals surface area contributed by atoms with Gasteiger partial charge in [0.15, 0.2) is 9.84 Å². The van der Waals surface area contributed by atoms with Crippen LogP contribution in [-0.2, 0) is 21.2 Å². The van der Waals surface area contributed by atoms with Gasteiger partial charge in [-0.1, -0.05) is 104 Å². The Morgan fingerprint density at radius 1 is 0.722 bits per heavy atom. The first kappa shape index (κ1) is 25.4. The van der Waals surface area contributed by atoms with Crippen molar-refractivity contribution >= 4 is 15.8 Å². The summed E-state index contributed by atoms with van der Waals surface area (Å²) < 4.78 is 25.7. The van der Waals surface area contributed by atoms with E-state index in [-0.39, 0.29) is 5.75 Å². The normalized spacial score (nSPS) is 11.4. The van der Waals surface area contributed by atoms with Crippen molar-refractivity contribution in [2.24, 2.45) is 0 Å². The number of unbranched alkanes of at least 4 members (excludes halogenated alkanes) is 3. The van der Waals surface area contributed by atoms with Crippen molar-refractivity contribution in [2.45, 2.75) is 32.2 Å². The molecule has 36 heavy (non-hydrogen) atoms. The lowest BCUT2D eigenvalue weighted by Gasteiger charge is -2.11. The third kappa shape index (κ3) is 6.49. The Kier molecular flexibility index (Phi) is 8.33. The maximum atomic E-state index is 11.8. The van der Waals surface area contributed by atoms with Gasteiger partial charge in [-0.05, 0) is 18.4 Å². The highest BCUT2D eigenvalue weighted by Crippen LogP contribution is 2.40. The highest BCUT2D eigenvalue weighted by Gasteiger charge is 2.22. The molecule has 1 heterocycles. The third-order valence-corrected chi connectivity index (χ3v) is 7.63. The minimum absolute atomic E-state index is 0.0906. The van der Waals surface area contributed by atoms with Gasteiger partial charge in [-0.25, -0.2) is 8.42 Å². The van der Waals surface area contributed by atoms with Crippen LogP contribution >= 0.6 is 0 Å². The fourth-order valence-corrected chi connectivity index (χ4v) is 5.55. The Morgan fingerprint density at radius 2 is 1.25 bits per heavy atom. The fourth-order valence-electron chi connectivity index (χ4n) is 4.39. The van der Waals surface area contributed by atoms with E-state index < -0.39 is 21.6 Å². The van der Waals surface area contributed by atoms with Crippen LogP contribution in [0.2, 0.25) is 0 Å². The molecule has 0 aliphatic heterocycles. The fraction of sp³-hybridized carbons (Fsp3) is 0.241. The lowest BCUT2D eigenvalue weighted by molar-refractivity contribution is -0.134. The van der Waals surface area contributed by atoms with Crippen molar-refractivity contribution in [3.63, 3.8) is 0 Å². The second kappa shape index (κ2) is 11.8. The molecule has 0 radical (unpaired) electrons. The summed E-state index contributed by atoms with van der Waals surface area (Å²) >= 11 is 0. The van der Waals surface area contributed by atoms with Gasteiger partial charge in [-0.2, -0.15) is 5.10 Å². The van der Waals surface area contributed by atoms with Gasteiger partial charge in [0.2, 0.25) is 0 Å². The second-order valence-corrected chi connectivity index (χ2v) is 11.0. The van der Waals surface area contributed by atoms with Crippen LogP contribution in [0.4, 0.5) is 0 Å². The number of carboxylic acids is 1. The molecule has 0 saturated heterocycles. The van der Waals surface area contributed by atoms with Crippen LogP contribution in [0.15, 0.2) is 91.0 Å². The van der Waals surface area contributed by atoms with Crippen LogP contribution in [0.3, 0.4) is 0 Å². The van der Waals surface area contributed by atoms with Crippen LogP contribution in [0.5, 0.6) is 0 Å². The highest BCUT2D eigenvalue weighted by molar-refractivity contribution is 7.92. The number of carbonyl (C=O) groups is 1. The van der Waals surface area contributed by atoms with E-state index in [1.807, 2.05) is 54.6 Å². The predicted molar refractivity (Wildman–Crippen MR) is 143 cm³/mol. The van der Waals surface area contributed by atoms with Gasteiger partial charge in [0.05, 0.1) is 11.4 Å². The van der Waals surface area contributed by atoms with Crippen LogP contribution in [-0.4, -0.2) is 40.8 Å². The summed E-state index contributed by atoms with van der Waals surface area (Å²) in [6.45, 7) is 0.693. The van der Waals surface area contributed by atoms with Gasteiger partial charge >= 0.3 is 5.97 Å². The maximum Gasteiger partial charge on any atom is 0.318 e. The number of aryl methyl sites for hydroxylation is 1. The number of benzene rings is 3. The molecule has 4 aromatic rings. The average molecular weight is 503 g/mol. The number of aliphatic carboxylic acids is 1. The van der Waals surface area contributed by atoms with Gasteiger partial charge in [0.25, 0.3) is 0 Å². The Hall–Kier alpha value is -3.71. The summed E-state index contributed by atoms with van der Waals surface area (Å²) in [4.78, 5) is 10.7. The van der Waals surface area contributed by atoms with E-state index in [1.54, 1.807) is 0 Å². The molecule has 0 aliphatic carbocycles. The molecule has 0 aliphatic rings. The first-order valence-corrected chi connectivity index (χ1v) is 14.0. The summed E-state index contributed by atoms with van der Waals surface area (Å²) in [6.07, 6.45) is 2.85. The Bertz CT molecular complexity index is 1380. The quantitative estimate of drug-likeness (QED) is 0.242. The molecule has 3 aromatic carbocycles. The van der Waals surface area contributed by atoms with Crippen LogP contribution in [0.25, 0.3) is 33.6 Å². The number of sulfone groups is 1. The molecular formula is C29H30N2O4S. The SMILES string of the molecule is O=C(O)CS(=O)(=O)CCCCCCn1nc(-c2ccccc2)c(-c2ccccc2)c1-c1ccccc1. The van der Waals surface area contributed by atoms with Crippen LogP contribution in [0, 0.1) is 0 Å². The second-order valence-electron chi connectivity index (χ2n) is 8.79. The van der Waals surface area contributed by atoms with E-state index in [4.69, 9.17) is 10.2 Å². The molecule has 0 unspecified atom stereocenters. The lowest BCUT2D eigenvalue weighted by atomic mass is 9.96. The number of carboxylic acid groups (broad SMARTS) is 1. The van der Waals surface area contributed by atoms with Crippen molar-refractivity contribution in [3.05, 3.63) is 91.0 Å². The van der Waals surface area contributed by atoms with E-state index in [1.165, 1.54) is 0 Å². The third-order valence-electron chi connectivity index (χ3n) is 6.03. The number of hydrogen-bond acceptors (Lipinski definition) is 4. The first-order chi connectivity index (χ1) is 17.4. The molecule has 4 rings (SSSR count). The predicted octanol–water partition coefficient (Wildman–Crippen LogP) is 5.94. The van der Waals surface area contributed by atoms with E-state index >= 15 is 0 Å². The van der Waals surface area contributed by atoms with Crippen LogP contribution in [0.1, 0.15) is 25.7 Å². The molecule has 0 amide bonds. The number of hydrogen-bond donors (Lipinski definition) is 1. The van der Waals surface area contributed by atoms with Crippen molar-refractivity contribution < 1.29 is 18.3 Å². The Balaban J connectivity index is 1.60. The van der Waals surface area contributed by atoms with E-state index in [9.17, 15) is 13.2 Å². The molecule has 1 aromatic heterocycles. The molecule has 1 N–H and O–H groups in total. The number of aromatic nitrogens is 2. The lowest BCUT2D eigenvalue weighted by Crippen LogP contribution is -2.18. The smallest absolute Gasteiger partial charge is 0.318 e. The van der Waals surface area contributed by atoms with Crippen molar-refractivity contribution in [1.29, 1.82) is 0 Å². The molecule has 0 saturated carbocycles. The number of rotatable bonds is 12. The van der Waals surface area contributed by atoms with Gasteiger partial charge < -0.3 is 5.11 Å². The van der Waals surface area contributed by atoms with Gasteiger partial charge in [-0.3, -0.25) is 9.48 Å². The monoisotopic (exact) mass is 502 g/mol. The maximum absolute atomic E-state index is 11.8. The summed E-state index contributed by atoms with van der Waals surface area (Å²) in [6, 6.07) is 30.7. The van der Waals surface area contributed by atoms with Gasteiger partial charge in [0, 0.05) is 23.2 Å². The minimum atomic E-state index is -3.54. The molecule has 186 valence electrons. The van der Waals surface area contributed by atoms with Gasteiger partial charge in [-0.15, -0.1) is 0 Å². The zero-order chi connectivity index (χ0) is 25.4. The first-order valence-electron chi connectivity index (χ1n) is 12.1. The standard InChI is InChI=1S/C29H30N2O4S/c32-26(33)22-36(34,35)21-13-2-1-12-20-31-29(25-18-10-5-11-19-25)27(23-14-6-3-7-15-23)28(30-31)24-16-8-4-9-17-24/h3-11,14-19H,1-2,12-13,20-22H2,(H,32,33). The summed E-state index contributed by atoms with van der Waals surface area (Å²) in [5.74, 6) is -2.19. The molecule has 6 nitrogen and oxygen atoms in total. The largest absolute Gasteiger partial charge is 0.480 e. The van der Waals surface area contributed by atoms with Crippen molar-refractivity contribution in [3.8, 4) is 33.6 Å². The highest BCUT2D eigenvalue weighted by atomic mass is 32.2. The minimum Gasteiger partial charge on any atom is -0.480 e. The van der Waals surface area contributed by atoms with E-state index in [0.717, 1.165) is 52.9 Å². The Morgan fingerprint density at radius 3 is 1.83 bits per heavy atom. The molecule has 0 fully saturated rings. The molecule has 0 bridgehead atoms.